The first-order valence-corrected chi connectivity index (χ1v) is 11.5. The molecule has 36 heavy (non-hydrogen) atoms. The van der Waals surface area contributed by atoms with Gasteiger partial charge in [-0.1, -0.05) is 25.5 Å². The van der Waals surface area contributed by atoms with E-state index < -0.39 is 17.7 Å². The van der Waals surface area contributed by atoms with Gasteiger partial charge in [0.15, 0.2) is 5.82 Å². The number of hydrogen-bond donors (Lipinski definition) is 1. The third-order valence-electron chi connectivity index (χ3n) is 5.64. The van der Waals surface area contributed by atoms with Crippen molar-refractivity contribution in [1.82, 2.24) is 20.3 Å². The molecule has 7 nitrogen and oxygen atoms in total. The van der Waals surface area contributed by atoms with E-state index in [1.165, 1.54) is 25.4 Å². The SMILES string of the molecule is CCC[C@H](Cc1ccc(C(=O)NCCC(=O)OC)cn1)c1cnc(-c2ccc(C(F)(F)F)cc2)nc1. The standard InChI is InChI=1S/C26H27F3N4O3/c1-3-4-18(13-22-10-7-19(14-31-22)25(35)30-12-11-23(34)36-2)20-15-32-24(33-16-20)17-5-8-21(9-6-17)26(27,28)29/h5-10,14-16,18H,3-4,11-13H2,1-2H3,(H,30,35)/t18-/m1/s1. The van der Waals surface area contributed by atoms with Gasteiger partial charge in [0, 0.05) is 36.4 Å². The highest BCUT2D eigenvalue weighted by Crippen LogP contribution is 2.31. The van der Waals surface area contributed by atoms with Crippen molar-refractivity contribution >= 4 is 11.9 Å². The Labute approximate surface area is 207 Å². The van der Waals surface area contributed by atoms with E-state index in [1.807, 2.05) is 0 Å². The molecule has 0 unspecified atom stereocenters. The van der Waals surface area contributed by atoms with Gasteiger partial charge in [-0.3, -0.25) is 14.6 Å². The number of methoxy groups -OCH3 is 1. The van der Waals surface area contributed by atoms with Crippen LogP contribution in [0.1, 0.15) is 59.3 Å². The zero-order valence-corrected chi connectivity index (χ0v) is 20.0. The maximum atomic E-state index is 12.8. The van der Waals surface area contributed by atoms with Crippen LogP contribution in [0.25, 0.3) is 11.4 Å². The number of aromatic nitrogens is 3. The van der Waals surface area contributed by atoms with Crippen LogP contribution in [0.2, 0.25) is 0 Å². The fourth-order valence-corrected chi connectivity index (χ4v) is 3.66. The monoisotopic (exact) mass is 500 g/mol. The number of benzene rings is 1. The number of nitrogens with one attached hydrogen (secondary N) is 1. The lowest BCUT2D eigenvalue weighted by atomic mass is 9.91. The lowest BCUT2D eigenvalue weighted by Gasteiger charge is -2.16. The zero-order valence-electron chi connectivity index (χ0n) is 20.0. The number of carbonyl (C=O) groups excluding carboxylic acids is 2. The van der Waals surface area contributed by atoms with Gasteiger partial charge in [0.2, 0.25) is 0 Å². The number of amides is 1. The van der Waals surface area contributed by atoms with Crippen molar-refractivity contribution in [3.63, 3.8) is 0 Å². The number of hydrogen-bond acceptors (Lipinski definition) is 6. The predicted molar refractivity (Wildman–Crippen MR) is 127 cm³/mol. The van der Waals surface area contributed by atoms with Gasteiger partial charge in [-0.05, 0) is 48.6 Å². The van der Waals surface area contributed by atoms with Crippen molar-refractivity contribution < 1.29 is 27.5 Å². The van der Waals surface area contributed by atoms with Crippen LogP contribution in [0.4, 0.5) is 13.2 Å². The quantitative estimate of drug-likeness (QED) is 0.395. The Kier molecular flexibility index (Phi) is 9.10. The highest BCUT2D eigenvalue weighted by Gasteiger charge is 2.30. The van der Waals surface area contributed by atoms with E-state index in [1.54, 1.807) is 24.5 Å². The lowest BCUT2D eigenvalue weighted by molar-refractivity contribution is -0.140. The van der Waals surface area contributed by atoms with Gasteiger partial charge in [0.1, 0.15) is 0 Å². The van der Waals surface area contributed by atoms with Crippen LogP contribution in [-0.4, -0.2) is 40.5 Å². The van der Waals surface area contributed by atoms with E-state index in [9.17, 15) is 22.8 Å². The number of alkyl halides is 3. The minimum Gasteiger partial charge on any atom is -0.469 e. The van der Waals surface area contributed by atoms with Crippen molar-refractivity contribution in [2.24, 2.45) is 0 Å². The zero-order chi connectivity index (χ0) is 26.1. The minimum absolute atomic E-state index is 0.0869. The average Bonchev–Trinajstić information content (AvgIpc) is 2.88. The second kappa shape index (κ2) is 12.2. The second-order valence-corrected chi connectivity index (χ2v) is 8.23. The van der Waals surface area contributed by atoms with Crippen molar-refractivity contribution in [2.45, 2.75) is 44.7 Å². The van der Waals surface area contributed by atoms with Gasteiger partial charge in [-0.15, -0.1) is 0 Å². The number of nitrogens with zero attached hydrogens (tertiary/aromatic N) is 3. The molecule has 10 heteroatoms. The van der Waals surface area contributed by atoms with Gasteiger partial charge in [0.05, 0.1) is 24.7 Å². The smallest absolute Gasteiger partial charge is 0.416 e. The number of ether oxygens (including phenoxy) is 1. The molecule has 1 aromatic carbocycles. The molecule has 0 saturated carbocycles. The molecule has 0 aliphatic heterocycles. The molecule has 0 radical (unpaired) electrons. The number of halogens is 3. The molecule has 2 heterocycles. The summed E-state index contributed by atoms with van der Waals surface area (Å²) in [6, 6.07) is 8.22. The Morgan fingerprint density at radius 3 is 2.25 bits per heavy atom. The Morgan fingerprint density at radius 1 is 1.00 bits per heavy atom. The largest absolute Gasteiger partial charge is 0.469 e. The van der Waals surface area contributed by atoms with E-state index in [4.69, 9.17) is 0 Å². The van der Waals surface area contributed by atoms with Crippen LogP contribution < -0.4 is 5.32 Å². The Balaban J connectivity index is 1.65. The number of pyridine rings is 1. The summed E-state index contributed by atoms with van der Waals surface area (Å²) >= 11 is 0. The van der Waals surface area contributed by atoms with Gasteiger partial charge >= 0.3 is 12.1 Å². The van der Waals surface area contributed by atoms with Gasteiger partial charge in [0.25, 0.3) is 5.91 Å². The summed E-state index contributed by atoms with van der Waals surface area (Å²) in [7, 11) is 1.29. The van der Waals surface area contributed by atoms with E-state index in [2.05, 4.69) is 31.9 Å². The molecule has 0 aliphatic rings. The second-order valence-electron chi connectivity index (χ2n) is 8.23. The number of carbonyl (C=O) groups is 2. The van der Waals surface area contributed by atoms with Gasteiger partial charge in [-0.25, -0.2) is 9.97 Å². The fraction of sp³-hybridized carbons (Fsp3) is 0.346. The van der Waals surface area contributed by atoms with Crippen molar-refractivity contribution in [1.29, 1.82) is 0 Å². The summed E-state index contributed by atoms with van der Waals surface area (Å²) in [5.74, 6) is -0.287. The van der Waals surface area contributed by atoms with Gasteiger partial charge < -0.3 is 10.1 Å². The Hall–Kier alpha value is -3.82. The summed E-state index contributed by atoms with van der Waals surface area (Å²) in [6.07, 6.45) is 2.99. The maximum Gasteiger partial charge on any atom is 0.416 e. The molecule has 0 aliphatic carbocycles. The average molecular weight is 501 g/mol. The van der Waals surface area contributed by atoms with E-state index >= 15 is 0 Å². The van der Waals surface area contributed by atoms with Gasteiger partial charge in [-0.2, -0.15) is 13.2 Å². The third kappa shape index (κ3) is 7.34. The molecule has 190 valence electrons. The summed E-state index contributed by atoms with van der Waals surface area (Å²) < 4.78 is 42.9. The molecule has 1 atom stereocenters. The molecule has 1 N–H and O–H groups in total. The Bertz CT molecular complexity index is 1150. The van der Waals surface area contributed by atoms with Crippen LogP contribution in [0.3, 0.4) is 0 Å². The normalized spacial score (nSPS) is 12.1. The molecule has 1 amide bonds. The fourth-order valence-electron chi connectivity index (χ4n) is 3.66. The summed E-state index contributed by atoms with van der Waals surface area (Å²) in [5, 5.41) is 2.65. The molecule has 0 saturated heterocycles. The van der Waals surface area contributed by atoms with E-state index in [0.29, 0.717) is 23.4 Å². The molecule has 2 aromatic heterocycles. The number of esters is 1. The van der Waals surface area contributed by atoms with Crippen molar-refractivity contribution in [3.05, 3.63) is 77.4 Å². The number of rotatable bonds is 10. The Morgan fingerprint density at radius 2 is 1.69 bits per heavy atom. The molecule has 3 rings (SSSR count). The van der Waals surface area contributed by atoms with Crippen LogP contribution >= 0.6 is 0 Å². The first-order valence-electron chi connectivity index (χ1n) is 11.5. The predicted octanol–water partition coefficient (Wildman–Crippen LogP) is 4.98. The molecule has 0 fully saturated rings. The van der Waals surface area contributed by atoms with Crippen LogP contribution in [0, 0.1) is 0 Å². The molecular formula is C26H27F3N4O3. The lowest BCUT2D eigenvalue weighted by Crippen LogP contribution is -2.26. The van der Waals surface area contributed by atoms with Crippen LogP contribution in [0.5, 0.6) is 0 Å². The first-order chi connectivity index (χ1) is 17.2. The topological polar surface area (TPSA) is 94.1 Å². The molecule has 0 bridgehead atoms. The highest BCUT2D eigenvalue weighted by atomic mass is 19.4. The third-order valence-corrected chi connectivity index (χ3v) is 5.64. The first kappa shape index (κ1) is 26.8. The molecule has 3 aromatic rings. The van der Waals surface area contributed by atoms with Crippen molar-refractivity contribution in [3.8, 4) is 11.4 Å². The maximum absolute atomic E-state index is 12.8. The van der Waals surface area contributed by atoms with Crippen LogP contribution in [-0.2, 0) is 22.1 Å². The highest BCUT2D eigenvalue weighted by molar-refractivity contribution is 5.94. The summed E-state index contributed by atoms with van der Waals surface area (Å²) in [6.45, 7) is 2.24. The molecular weight excluding hydrogens is 473 g/mol. The summed E-state index contributed by atoms with van der Waals surface area (Å²) in [5.41, 5.74) is 1.87. The van der Waals surface area contributed by atoms with Crippen LogP contribution in [0.15, 0.2) is 55.0 Å². The molecule has 0 spiro atoms. The van der Waals surface area contributed by atoms with Crippen molar-refractivity contribution in [2.75, 3.05) is 13.7 Å². The summed E-state index contributed by atoms with van der Waals surface area (Å²) in [4.78, 5) is 36.5. The minimum atomic E-state index is -4.39. The van der Waals surface area contributed by atoms with E-state index in [0.717, 1.165) is 36.2 Å². The van der Waals surface area contributed by atoms with E-state index in [-0.39, 0.29) is 24.8 Å².